The van der Waals surface area contributed by atoms with E-state index in [2.05, 4.69) is 46.3 Å². The van der Waals surface area contributed by atoms with Crippen LogP contribution < -0.4 is 5.32 Å². The van der Waals surface area contributed by atoms with Crippen molar-refractivity contribution in [2.75, 3.05) is 46.4 Å². The third-order valence-corrected chi connectivity index (χ3v) is 5.68. The number of halogens is 1. The van der Waals surface area contributed by atoms with Crippen LogP contribution in [0.1, 0.15) is 43.7 Å². The monoisotopic (exact) mass is 500 g/mol. The second-order valence-electron chi connectivity index (χ2n) is 7.83. The van der Waals surface area contributed by atoms with E-state index in [0.717, 1.165) is 45.3 Å². The number of aliphatic imine (C=N–C) groups is 1. The van der Waals surface area contributed by atoms with Crippen LogP contribution in [0.4, 0.5) is 0 Å². The van der Waals surface area contributed by atoms with Gasteiger partial charge in [0.2, 0.25) is 0 Å². The molecule has 1 atom stereocenters. The molecule has 0 radical (unpaired) electrons. The van der Waals surface area contributed by atoms with Crippen LogP contribution in [0.25, 0.3) is 0 Å². The summed E-state index contributed by atoms with van der Waals surface area (Å²) in [6.07, 6.45) is 5.24. The molecule has 3 rings (SSSR count). The average molecular weight is 500 g/mol. The lowest BCUT2D eigenvalue weighted by Crippen LogP contribution is -2.40. The smallest absolute Gasteiger partial charge is 0.194 e. The number of hydrogen-bond acceptors (Lipinski definition) is 3. The minimum atomic E-state index is 0. The lowest BCUT2D eigenvalue weighted by atomic mass is 10.1. The van der Waals surface area contributed by atoms with Gasteiger partial charge in [-0.2, -0.15) is 0 Å². The molecule has 0 amide bonds. The van der Waals surface area contributed by atoms with Crippen LogP contribution in [0.3, 0.4) is 0 Å². The zero-order chi connectivity index (χ0) is 18.9. The van der Waals surface area contributed by atoms with Crippen molar-refractivity contribution in [1.82, 2.24) is 15.1 Å². The highest BCUT2D eigenvalue weighted by Gasteiger charge is 2.24. The lowest BCUT2D eigenvalue weighted by molar-refractivity contribution is 0.157. The molecule has 158 valence electrons. The predicted molar refractivity (Wildman–Crippen MR) is 127 cm³/mol. The van der Waals surface area contributed by atoms with Crippen LogP contribution >= 0.6 is 24.0 Å². The number of ether oxygens (including phenoxy) is 1. The standard InChI is InChI=1S/C22H36N4O.HI/c1-3-23-22(26-14-11-19(16-26)18-27-2)24-15-20-9-5-6-10-21(20)17-25-12-7-4-8-13-25;/h5-6,9-10,19H,3-4,7-8,11-18H2,1-2H3,(H,23,24);1H. The fraction of sp³-hybridized carbons (Fsp3) is 0.682. The highest BCUT2D eigenvalue weighted by Crippen LogP contribution is 2.19. The van der Waals surface area contributed by atoms with E-state index in [0.29, 0.717) is 5.92 Å². The van der Waals surface area contributed by atoms with Gasteiger partial charge in [-0.1, -0.05) is 30.7 Å². The second kappa shape index (κ2) is 12.6. The molecule has 0 spiro atoms. The lowest BCUT2D eigenvalue weighted by Gasteiger charge is -2.27. The van der Waals surface area contributed by atoms with Crippen molar-refractivity contribution in [3.05, 3.63) is 35.4 Å². The molecule has 1 aromatic carbocycles. The Bertz CT molecular complexity index is 604. The van der Waals surface area contributed by atoms with Crippen LogP contribution in [0.15, 0.2) is 29.3 Å². The first-order valence-corrected chi connectivity index (χ1v) is 10.6. The maximum absolute atomic E-state index is 5.34. The molecule has 1 unspecified atom stereocenters. The van der Waals surface area contributed by atoms with Crippen LogP contribution in [-0.2, 0) is 17.8 Å². The van der Waals surface area contributed by atoms with Crippen LogP contribution in [0.2, 0.25) is 0 Å². The summed E-state index contributed by atoms with van der Waals surface area (Å²) < 4.78 is 5.34. The quantitative estimate of drug-likeness (QED) is 0.352. The minimum Gasteiger partial charge on any atom is -0.384 e. The van der Waals surface area contributed by atoms with Crippen molar-refractivity contribution >= 4 is 29.9 Å². The zero-order valence-electron chi connectivity index (χ0n) is 17.5. The SMILES string of the molecule is CCNC(=NCc1ccccc1CN1CCCCC1)N1CCC(COC)C1.I. The van der Waals surface area contributed by atoms with Crippen LogP contribution in [0.5, 0.6) is 0 Å². The number of guanidine groups is 1. The molecule has 28 heavy (non-hydrogen) atoms. The number of likely N-dealkylation sites (tertiary alicyclic amines) is 2. The van der Waals surface area contributed by atoms with Crippen molar-refractivity contribution in [2.24, 2.45) is 10.9 Å². The molecule has 1 aromatic rings. The maximum atomic E-state index is 5.34. The number of methoxy groups -OCH3 is 1. The number of nitrogens with zero attached hydrogens (tertiary/aromatic N) is 3. The third-order valence-electron chi connectivity index (χ3n) is 5.68. The summed E-state index contributed by atoms with van der Waals surface area (Å²) in [6.45, 7) is 10.3. The van der Waals surface area contributed by atoms with Gasteiger partial charge in [0, 0.05) is 39.2 Å². The molecule has 2 aliphatic heterocycles. The Kier molecular flexibility index (Phi) is 10.6. The van der Waals surface area contributed by atoms with E-state index < -0.39 is 0 Å². The minimum absolute atomic E-state index is 0. The van der Waals surface area contributed by atoms with E-state index in [-0.39, 0.29) is 24.0 Å². The van der Waals surface area contributed by atoms with Gasteiger partial charge in [0.05, 0.1) is 13.2 Å². The normalized spacial score (nSPS) is 20.9. The molecule has 2 fully saturated rings. The summed E-state index contributed by atoms with van der Waals surface area (Å²) in [5, 5.41) is 3.48. The second-order valence-corrected chi connectivity index (χ2v) is 7.83. The van der Waals surface area contributed by atoms with Crippen LogP contribution in [0, 0.1) is 5.92 Å². The van der Waals surface area contributed by atoms with Crippen molar-refractivity contribution in [3.63, 3.8) is 0 Å². The largest absolute Gasteiger partial charge is 0.384 e. The highest BCUT2D eigenvalue weighted by molar-refractivity contribution is 14.0. The molecular weight excluding hydrogens is 463 g/mol. The molecule has 0 aliphatic carbocycles. The number of nitrogens with one attached hydrogen (secondary N) is 1. The maximum Gasteiger partial charge on any atom is 0.194 e. The Morgan fingerprint density at radius 3 is 2.61 bits per heavy atom. The fourth-order valence-corrected chi connectivity index (χ4v) is 4.21. The molecule has 2 heterocycles. The van der Waals surface area contributed by atoms with Crippen molar-refractivity contribution in [2.45, 2.75) is 45.7 Å². The van der Waals surface area contributed by atoms with Crippen molar-refractivity contribution in [1.29, 1.82) is 0 Å². The predicted octanol–water partition coefficient (Wildman–Crippen LogP) is 3.72. The van der Waals surface area contributed by atoms with E-state index in [4.69, 9.17) is 9.73 Å². The zero-order valence-corrected chi connectivity index (χ0v) is 19.9. The van der Waals surface area contributed by atoms with E-state index in [1.54, 1.807) is 7.11 Å². The van der Waals surface area contributed by atoms with Crippen molar-refractivity contribution < 1.29 is 4.74 Å². The number of piperidine rings is 1. The Morgan fingerprint density at radius 1 is 1.14 bits per heavy atom. The highest BCUT2D eigenvalue weighted by atomic mass is 127. The molecule has 5 nitrogen and oxygen atoms in total. The van der Waals surface area contributed by atoms with Gasteiger partial charge < -0.3 is 15.0 Å². The summed E-state index contributed by atoms with van der Waals surface area (Å²) in [7, 11) is 1.79. The van der Waals surface area contributed by atoms with E-state index >= 15 is 0 Å². The summed E-state index contributed by atoms with van der Waals surface area (Å²) in [4.78, 5) is 9.97. The molecule has 2 aliphatic rings. The van der Waals surface area contributed by atoms with Gasteiger partial charge in [-0.3, -0.25) is 4.90 Å². The topological polar surface area (TPSA) is 40.1 Å². The molecular formula is C22H37IN4O. The van der Waals surface area contributed by atoms with Gasteiger partial charge in [-0.15, -0.1) is 24.0 Å². The Morgan fingerprint density at radius 2 is 1.89 bits per heavy atom. The van der Waals surface area contributed by atoms with Crippen LogP contribution in [-0.4, -0.2) is 62.2 Å². The molecule has 1 N–H and O–H groups in total. The number of hydrogen-bond donors (Lipinski definition) is 1. The summed E-state index contributed by atoms with van der Waals surface area (Å²) in [6, 6.07) is 8.82. The van der Waals surface area contributed by atoms with E-state index in [1.807, 2.05) is 0 Å². The van der Waals surface area contributed by atoms with Crippen molar-refractivity contribution in [3.8, 4) is 0 Å². The Labute approximate surface area is 187 Å². The Balaban J connectivity index is 0.00000280. The van der Waals surface area contributed by atoms with Gasteiger partial charge in [0.1, 0.15) is 0 Å². The van der Waals surface area contributed by atoms with Gasteiger partial charge in [0.15, 0.2) is 5.96 Å². The summed E-state index contributed by atoms with van der Waals surface area (Å²) >= 11 is 0. The fourth-order valence-electron chi connectivity index (χ4n) is 4.21. The average Bonchev–Trinajstić information content (AvgIpc) is 3.16. The van der Waals surface area contributed by atoms with E-state index in [1.165, 1.54) is 49.9 Å². The Hall–Kier alpha value is -0.860. The first-order chi connectivity index (χ1) is 13.3. The van der Waals surface area contributed by atoms with Gasteiger partial charge in [-0.05, 0) is 50.4 Å². The van der Waals surface area contributed by atoms with Gasteiger partial charge in [-0.25, -0.2) is 4.99 Å². The summed E-state index contributed by atoms with van der Waals surface area (Å²) in [5.41, 5.74) is 2.78. The molecule has 0 aromatic heterocycles. The first-order valence-electron chi connectivity index (χ1n) is 10.6. The van der Waals surface area contributed by atoms with E-state index in [9.17, 15) is 0 Å². The number of rotatable bonds is 7. The molecule has 6 heteroatoms. The summed E-state index contributed by atoms with van der Waals surface area (Å²) in [5.74, 6) is 1.66. The van der Waals surface area contributed by atoms with Gasteiger partial charge in [0.25, 0.3) is 0 Å². The molecule has 0 saturated carbocycles. The first kappa shape index (κ1) is 23.4. The third kappa shape index (κ3) is 6.88. The number of benzene rings is 1. The van der Waals surface area contributed by atoms with Gasteiger partial charge >= 0.3 is 0 Å². The molecule has 2 saturated heterocycles. The molecule has 0 bridgehead atoms.